The van der Waals surface area contributed by atoms with Crippen LogP contribution >= 0.6 is 11.6 Å². The summed E-state index contributed by atoms with van der Waals surface area (Å²) in [5.74, 6) is 0.846. The number of rotatable bonds is 5. The van der Waals surface area contributed by atoms with Crippen LogP contribution in [0.5, 0.6) is 0 Å². The van der Waals surface area contributed by atoms with E-state index in [1.165, 1.54) is 12.8 Å². The number of nitrogens with one attached hydrogen (secondary N) is 1. The molecule has 0 saturated heterocycles. The van der Waals surface area contributed by atoms with Gasteiger partial charge in [0, 0.05) is 17.8 Å². The average molecular weight is 228 g/mol. The van der Waals surface area contributed by atoms with E-state index >= 15 is 0 Å². The third-order valence-electron chi connectivity index (χ3n) is 2.32. The van der Waals surface area contributed by atoms with Crippen LogP contribution in [0.1, 0.15) is 38.7 Å². The Bertz CT molecular complexity index is 315. The van der Waals surface area contributed by atoms with Crippen molar-refractivity contribution in [3.05, 3.63) is 17.0 Å². The standard InChI is InChI=1S/C11H18ClN3/c1-4-5-6-9(3)14-10-8(2)7-13-11(12)15-10/h7,9H,4-6H2,1-3H3,(H,13,14,15). The van der Waals surface area contributed by atoms with Gasteiger partial charge in [0.25, 0.3) is 0 Å². The van der Waals surface area contributed by atoms with E-state index in [0.717, 1.165) is 17.8 Å². The number of unbranched alkanes of at least 4 members (excludes halogenated alkanes) is 1. The zero-order valence-electron chi connectivity index (χ0n) is 9.55. The summed E-state index contributed by atoms with van der Waals surface area (Å²) in [5.41, 5.74) is 1.03. The Hall–Kier alpha value is -0.830. The van der Waals surface area contributed by atoms with E-state index in [0.29, 0.717) is 11.3 Å². The van der Waals surface area contributed by atoms with Crippen LogP contribution in [-0.4, -0.2) is 16.0 Å². The zero-order chi connectivity index (χ0) is 11.3. The topological polar surface area (TPSA) is 37.8 Å². The Morgan fingerprint density at radius 3 is 2.93 bits per heavy atom. The summed E-state index contributed by atoms with van der Waals surface area (Å²) in [6.07, 6.45) is 5.34. The lowest BCUT2D eigenvalue weighted by Crippen LogP contribution is -2.16. The molecule has 0 amide bonds. The van der Waals surface area contributed by atoms with Gasteiger partial charge in [0.2, 0.25) is 5.28 Å². The quantitative estimate of drug-likeness (QED) is 0.784. The van der Waals surface area contributed by atoms with Crippen molar-refractivity contribution >= 4 is 17.4 Å². The summed E-state index contributed by atoms with van der Waals surface area (Å²) in [4.78, 5) is 8.09. The van der Waals surface area contributed by atoms with Gasteiger partial charge in [0.1, 0.15) is 5.82 Å². The van der Waals surface area contributed by atoms with Gasteiger partial charge in [0.15, 0.2) is 0 Å². The Kier molecular flexibility index (Phi) is 4.82. The third-order valence-corrected chi connectivity index (χ3v) is 2.50. The van der Waals surface area contributed by atoms with Crippen LogP contribution in [-0.2, 0) is 0 Å². The minimum Gasteiger partial charge on any atom is -0.367 e. The van der Waals surface area contributed by atoms with Crippen molar-refractivity contribution in [2.75, 3.05) is 5.32 Å². The summed E-state index contributed by atoms with van der Waals surface area (Å²) in [6.45, 7) is 6.33. The van der Waals surface area contributed by atoms with Crippen LogP contribution in [0.3, 0.4) is 0 Å². The number of hydrogen-bond acceptors (Lipinski definition) is 3. The van der Waals surface area contributed by atoms with Gasteiger partial charge in [-0.2, -0.15) is 0 Å². The molecule has 1 atom stereocenters. The lowest BCUT2D eigenvalue weighted by Gasteiger charge is -2.15. The van der Waals surface area contributed by atoms with Crippen molar-refractivity contribution < 1.29 is 0 Å². The Morgan fingerprint density at radius 2 is 2.27 bits per heavy atom. The lowest BCUT2D eigenvalue weighted by molar-refractivity contribution is 0.642. The molecule has 1 N–H and O–H groups in total. The third kappa shape index (κ3) is 4.04. The molecule has 0 saturated carbocycles. The molecule has 0 spiro atoms. The van der Waals surface area contributed by atoms with Crippen LogP contribution in [0.25, 0.3) is 0 Å². The fraction of sp³-hybridized carbons (Fsp3) is 0.636. The number of anilines is 1. The number of aromatic nitrogens is 2. The normalized spacial score (nSPS) is 12.5. The van der Waals surface area contributed by atoms with E-state index in [-0.39, 0.29) is 0 Å². The second-order valence-corrected chi connectivity index (χ2v) is 4.20. The Balaban J connectivity index is 2.59. The van der Waals surface area contributed by atoms with Gasteiger partial charge >= 0.3 is 0 Å². The predicted octanol–water partition coefficient (Wildman–Crippen LogP) is 3.43. The highest BCUT2D eigenvalue weighted by Gasteiger charge is 2.06. The molecule has 0 aliphatic rings. The largest absolute Gasteiger partial charge is 0.367 e. The van der Waals surface area contributed by atoms with E-state index in [1.54, 1.807) is 6.20 Å². The molecule has 0 aliphatic carbocycles. The molecule has 1 heterocycles. The zero-order valence-corrected chi connectivity index (χ0v) is 10.3. The van der Waals surface area contributed by atoms with Crippen LogP contribution < -0.4 is 5.32 Å². The first-order valence-electron chi connectivity index (χ1n) is 5.39. The summed E-state index contributed by atoms with van der Waals surface area (Å²) >= 11 is 5.74. The number of hydrogen-bond donors (Lipinski definition) is 1. The van der Waals surface area contributed by atoms with E-state index < -0.39 is 0 Å². The predicted molar refractivity (Wildman–Crippen MR) is 64.4 cm³/mol. The van der Waals surface area contributed by atoms with Gasteiger partial charge in [-0.05, 0) is 31.9 Å². The first kappa shape index (κ1) is 12.2. The van der Waals surface area contributed by atoms with Crippen LogP contribution in [0, 0.1) is 6.92 Å². The maximum Gasteiger partial charge on any atom is 0.224 e. The molecular formula is C11H18ClN3. The number of halogens is 1. The minimum absolute atomic E-state index is 0.297. The summed E-state index contributed by atoms with van der Waals surface area (Å²) in [6, 6.07) is 0.426. The molecular weight excluding hydrogens is 210 g/mol. The lowest BCUT2D eigenvalue weighted by atomic mass is 10.1. The van der Waals surface area contributed by atoms with Crippen molar-refractivity contribution in [2.24, 2.45) is 0 Å². The molecule has 1 aromatic rings. The summed E-state index contributed by atoms with van der Waals surface area (Å²) in [7, 11) is 0. The molecule has 0 radical (unpaired) electrons. The van der Waals surface area contributed by atoms with E-state index in [4.69, 9.17) is 11.6 Å². The highest BCUT2D eigenvalue weighted by molar-refractivity contribution is 6.28. The second-order valence-electron chi connectivity index (χ2n) is 3.86. The minimum atomic E-state index is 0.297. The number of aryl methyl sites for hydroxylation is 1. The monoisotopic (exact) mass is 227 g/mol. The van der Waals surface area contributed by atoms with Crippen LogP contribution in [0.15, 0.2) is 6.20 Å². The number of nitrogens with zero attached hydrogens (tertiary/aromatic N) is 2. The summed E-state index contributed by atoms with van der Waals surface area (Å²) in [5, 5.41) is 3.65. The average Bonchev–Trinajstić information content (AvgIpc) is 2.20. The van der Waals surface area contributed by atoms with Crippen molar-refractivity contribution in [3.63, 3.8) is 0 Å². The van der Waals surface area contributed by atoms with Gasteiger partial charge in [-0.3, -0.25) is 0 Å². The van der Waals surface area contributed by atoms with Crippen LogP contribution in [0.2, 0.25) is 5.28 Å². The van der Waals surface area contributed by atoms with Crippen molar-refractivity contribution in [3.8, 4) is 0 Å². The highest BCUT2D eigenvalue weighted by Crippen LogP contribution is 2.15. The maximum absolute atomic E-state index is 5.74. The fourth-order valence-corrected chi connectivity index (χ4v) is 1.52. The molecule has 84 valence electrons. The second kappa shape index (κ2) is 5.91. The molecule has 0 aromatic carbocycles. The first-order valence-corrected chi connectivity index (χ1v) is 5.77. The molecule has 1 unspecified atom stereocenters. The van der Waals surface area contributed by atoms with Crippen LogP contribution in [0.4, 0.5) is 5.82 Å². The van der Waals surface area contributed by atoms with Crippen molar-refractivity contribution in [2.45, 2.75) is 46.1 Å². The summed E-state index contributed by atoms with van der Waals surface area (Å²) < 4.78 is 0. The molecule has 1 aromatic heterocycles. The fourth-order valence-electron chi connectivity index (χ4n) is 1.38. The molecule has 4 heteroatoms. The molecule has 1 rings (SSSR count). The molecule has 0 fully saturated rings. The maximum atomic E-state index is 5.74. The first-order chi connectivity index (χ1) is 7.13. The van der Waals surface area contributed by atoms with Gasteiger partial charge in [-0.15, -0.1) is 0 Å². The van der Waals surface area contributed by atoms with Gasteiger partial charge in [-0.25, -0.2) is 9.97 Å². The molecule has 0 aliphatic heterocycles. The molecule has 15 heavy (non-hydrogen) atoms. The smallest absolute Gasteiger partial charge is 0.224 e. The Labute approximate surface area is 96.3 Å². The van der Waals surface area contributed by atoms with Gasteiger partial charge < -0.3 is 5.32 Å². The van der Waals surface area contributed by atoms with E-state index in [2.05, 4.69) is 29.1 Å². The SMILES string of the molecule is CCCCC(C)Nc1nc(Cl)ncc1C. The Morgan fingerprint density at radius 1 is 1.53 bits per heavy atom. The molecule has 3 nitrogen and oxygen atoms in total. The highest BCUT2D eigenvalue weighted by atomic mass is 35.5. The van der Waals surface area contributed by atoms with E-state index in [1.807, 2.05) is 6.92 Å². The molecule has 0 bridgehead atoms. The van der Waals surface area contributed by atoms with Crippen molar-refractivity contribution in [1.29, 1.82) is 0 Å². The van der Waals surface area contributed by atoms with Gasteiger partial charge in [0.05, 0.1) is 0 Å². The van der Waals surface area contributed by atoms with Gasteiger partial charge in [-0.1, -0.05) is 19.8 Å². The van der Waals surface area contributed by atoms with Crippen molar-refractivity contribution in [1.82, 2.24) is 9.97 Å². The van der Waals surface area contributed by atoms with E-state index in [9.17, 15) is 0 Å².